The number of fused-ring (bicyclic) bond motifs is 1. The quantitative estimate of drug-likeness (QED) is 0.604. The van der Waals surface area contributed by atoms with Crippen molar-refractivity contribution in [2.24, 2.45) is 0 Å². The van der Waals surface area contributed by atoms with Gasteiger partial charge in [0.2, 0.25) is 0 Å². The Hall–Kier alpha value is -2.44. The van der Waals surface area contributed by atoms with Gasteiger partial charge in [0, 0.05) is 19.5 Å². The Morgan fingerprint density at radius 2 is 2.19 bits per heavy atom. The smallest absolute Gasteiger partial charge is 0.325 e. The maximum atomic E-state index is 12.0. The summed E-state index contributed by atoms with van der Waals surface area (Å²) in [4.78, 5) is 41.1. The number of H-pyrrole nitrogens is 1. The first kappa shape index (κ1) is 15.0. The van der Waals surface area contributed by atoms with Gasteiger partial charge in [-0.3, -0.25) is 14.3 Å². The number of Topliss-reactive ketones (excluding diaryl/α,β-unsaturated/α-hetero) is 1. The third-order valence-electron chi connectivity index (χ3n) is 3.24. The van der Waals surface area contributed by atoms with Gasteiger partial charge in [-0.05, 0) is 19.8 Å². The van der Waals surface area contributed by atoms with E-state index < -0.39 is 11.2 Å². The van der Waals surface area contributed by atoms with Gasteiger partial charge in [-0.2, -0.15) is 0 Å². The highest BCUT2D eigenvalue weighted by atomic mass is 16.2. The van der Waals surface area contributed by atoms with Crippen molar-refractivity contribution in [1.82, 2.24) is 19.1 Å². The van der Waals surface area contributed by atoms with Crippen LogP contribution >= 0.6 is 0 Å². The largest absolute Gasteiger partial charge is 0.330 e. The zero-order valence-corrected chi connectivity index (χ0v) is 12.0. The van der Waals surface area contributed by atoms with E-state index in [2.05, 4.69) is 16.5 Å². The van der Waals surface area contributed by atoms with E-state index in [0.29, 0.717) is 24.1 Å². The van der Waals surface area contributed by atoms with Gasteiger partial charge in [0.1, 0.15) is 5.78 Å². The highest BCUT2D eigenvalue weighted by Gasteiger charge is 2.12. The normalized spacial score (nSPS) is 10.9. The molecule has 0 spiro atoms. The van der Waals surface area contributed by atoms with Crippen molar-refractivity contribution in [3.63, 3.8) is 0 Å². The monoisotopic (exact) mass is 290 g/mol. The fourth-order valence-electron chi connectivity index (χ4n) is 2.25. The van der Waals surface area contributed by atoms with E-state index >= 15 is 0 Å². The molecule has 2 aromatic heterocycles. The summed E-state index contributed by atoms with van der Waals surface area (Å²) >= 11 is 0. The molecule has 0 fully saturated rings. The molecular weight excluding hydrogens is 272 g/mol. The Balaban J connectivity index is 2.32. The number of nitrogens with zero attached hydrogens (tertiary/aromatic N) is 3. The Kier molecular flexibility index (Phi) is 4.52. The van der Waals surface area contributed by atoms with Gasteiger partial charge in [0.05, 0.1) is 6.33 Å². The number of carbonyl (C=O) groups is 1. The minimum absolute atomic E-state index is 0.156. The van der Waals surface area contributed by atoms with Crippen molar-refractivity contribution in [3.05, 3.63) is 39.8 Å². The molecule has 0 aromatic carbocycles. The van der Waals surface area contributed by atoms with Crippen LogP contribution in [0.1, 0.15) is 26.2 Å². The number of hydrogen-bond acceptors (Lipinski definition) is 4. The maximum Gasteiger partial charge on any atom is 0.330 e. The van der Waals surface area contributed by atoms with E-state index in [9.17, 15) is 14.4 Å². The Labute approximate surface area is 120 Å². The lowest BCUT2D eigenvalue weighted by molar-refractivity contribution is -0.117. The van der Waals surface area contributed by atoms with Crippen LogP contribution in [-0.2, 0) is 17.9 Å². The van der Waals surface area contributed by atoms with Gasteiger partial charge >= 0.3 is 5.69 Å². The average molecular weight is 290 g/mol. The molecule has 0 aliphatic rings. The molecule has 0 saturated carbocycles. The van der Waals surface area contributed by atoms with E-state index in [-0.39, 0.29) is 12.3 Å². The molecular formula is C14H18N4O3. The number of ketones is 1. The maximum absolute atomic E-state index is 12.0. The second-order valence-electron chi connectivity index (χ2n) is 4.93. The van der Waals surface area contributed by atoms with Gasteiger partial charge in [-0.25, -0.2) is 9.78 Å². The molecule has 0 atom stereocenters. The first-order valence-corrected chi connectivity index (χ1v) is 6.83. The number of rotatable bonds is 7. The zero-order valence-electron chi connectivity index (χ0n) is 12.0. The molecule has 7 heteroatoms. The first-order valence-electron chi connectivity index (χ1n) is 6.83. The summed E-state index contributed by atoms with van der Waals surface area (Å²) in [6.45, 7) is 6.02. The van der Waals surface area contributed by atoms with Crippen molar-refractivity contribution in [2.45, 2.75) is 39.3 Å². The topological polar surface area (TPSA) is 89.8 Å². The lowest BCUT2D eigenvalue weighted by Gasteiger charge is -2.05. The number of aromatic nitrogens is 4. The molecule has 0 aliphatic heterocycles. The summed E-state index contributed by atoms with van der Waals surface area (Å²) in [6, 6.07) is 0. The minimum Gasteiger partial charge on any atom is -0.325 e. The van der Waals surface area contributed by atoms with Crippen LogP contribution in [0.3, 0.4) is 0 Å². The van der Waals surface area contributed by atoms with Crippen molar-refractivity contribution in [2.75, 3.05) is 0 Å². The molecule has 0 amide bonds. The van der Waals surface area contributed by atoms with Crippen LogP contribution in [0.5, 0.6) is 0 Å². The second-order valence-corrected chi connectivity index (χ2v) is 4.93. The molecule has 21 heavy (non-hydrogen) atoms. The highest BCUT2D eigenvalue weighted by molar-refractivity contribution is 5.75. The summed E-state index contributed by atoms with van der Waals surface area (Å²) in [5.74, 6) is 0.156. The summed E-state index contributed by atoms with van der Waals surface area (Å²) < 4.78 is 3.09. The standard InChI is InChI=1S/C14H18N4O3/c1-3-7-18-12-11(13(20)16-14(18)21)17(9-15-12)8-5-4-6-10(2)19/h3,9H,1,4-8H2,2H3,(H,16,20,21). The van der Waals surface area contributed by atoms with Crippen LogP contribution in [0, 0.1) is 0 Å². The van der Waals surface area contributed by atoms with E-state index in [0.717, 1.165) is 12.8 Å². The van der Waals surface area contributed by atoms with Crippen molar-refractivity contribution < 1.29 is 4.79 Å². The number of carbonyl (C=O) groups excluding carboxylic acids is 1. The van der Waals surface area contributed by atoms with E-state index in [4.69, 9.17) is 0 Å². The summed E-state index contributed by atoms with van der Waals surface area (Å²) in [7, 11) is 0. The van der Waals surface area contributed by atoms with Crippen LogP contribution in [0.15, 0.2) is 28.6 Å². The van der Waals surface area contributed by atoms with Crippen molar-refractivity contribution >= 4 is 16.9 Å². The highest BCUT2D eigenvalue weighted by Crippen LogP contribution is 2.08. The minimum atomic E-state index is -0.491. The van der Waals surface area contributed by atoms with Gasteiger partial charge in [0.15, 0.2) is 11.2 Å². The zero-order chi connectivity index (χ0) is 15.4. The first-order chi connectivity index (χ1) is 10.0. The Morgan fingerprint density at radius 3 is 2.86 bits per heavy atom. The van der Waals surface area contributed by atoms with Crippen molar-refractivity contribution in [1.29, 1.82) is 0 Å². The summed E-state index contributed by atoms with van der Waals surface area (Å²) in [5, 5.41) is 0. The second kappa shape index (κ2) is 6.34. The molecule has 2 heterocycles. The van der Waals surface area contributed by atoms with Crippen LogP contribution in [0.2, 0.25) is 0 Å². The number of nitrogens with one attached hydrogen (secondary N) is 1. The molecule has 0 radical (unpaired) electrons. The van der Waals surface area contributed by atoms with Crippen molar-refractivity contribution in [3.8, 4) is 0 Å². The number of unbranched alkanes of at least 4 members (excludes halogenated alkanes) is 1. The lowest BCUT2D eigenvalue weighted by atomic mass is 10.2. The third kappa shape index (κ3) is 3.18. The van der Waals surface area contributed by atoms with Gasteiger partial charge in [0.25, 0.3) is 5.56 Å². The third-order valence-corrected chi connectivity index (χ3v) is 3.24. The Bertz CT molecular complexity index is 782. The number of hydrogen-bond donors (Lipinski definition) is 1. The summed E-state index contributed by atoms with van der Waals surface area (Å²) in [6.07, 6.45) is 5.19. The van der Waals surface area contributed by atoms with Gasteiger partial charge in [-0.1, -0.05) is 6.08 Å². The Morgan fingerprint density at radius 1 is 1.43 bits per heavy atom. The van der Waals surface area contributed by atoms with E-state index in [1.165, 1.54) is 4.57 Å². The molecule has 0 bridgehead atoms. The van der Waals surface area contributed by atoms with E-state index in [1.807, 2.05) is 0 Å². The number of imidazole rings is 1. The predicted molar refractivity (Wildman–Crippen MR) is 79.3 cm³/mol. The molecule has 1 N–H and O–H groups in total. The number of aryl methyl sites for hydroxylation is 1. The molecule has 0 unspecified atom stereocenters. The van der Waals surface area contributed by atoms with Crippen LogP contribution < -0.4 is 11.2 Å². The fraction of sp³-hybridized carbons (Fsp3) is 0.429. The van der Waals surface area contributed by atoms with Crippen LogP contribution in [0.4, 0.5) is 0 Å². The predicted octanol–water partition coefficient (Wildman–Crippen LogP) is 0.832. The molecule has 2 rings (SSSR count). The average Bonchev–Trinajstić information content (AvgIpc) is 2.83. The molecule has 2 aromatic rings. The SMILES string of the molecule is C=CCn1c(=O)[nH]c(=O)c2c1ncn2CCCCC(C)=O. The lowest BCUT2D eigenvalue weighted by Crippen LogP contribution is -2.30. The molecule has 0 saturated heterocycles. The van der Waals surface area contributed by atoms with Gasteiger partial charge < -0.3 is 9.36 Å². The number of allylic oxidation sites excluding steroid dienone is 1. The molecule has 7 nitrogen and oxygen atoms in total. The van der Waals surface area contributed by atoms with Crippen LogP contribution in [-0.4, -0.2) is 24.9 Å². The van der Waals surface area contributed by atoms with Crippen LogP contribution in [0.25, 0.3) is 11.2 Å². The van der Waals surface area contributed by atoms with Gasteiger partial charge in [-0.15, -0.1) is 6.58 Å². The number of aromatic amines is 1. The fourth-order valence-corrected chi connectivity index (χ4v) is 2.25. The van der Waals surface area contributed by atoms with E-state index in [1.54, 1.807) is 23.9 Å². The molecule has 0 aliphatic carbocycles. The molecule has 112 valence electrons. The summed E-state index contributed by atoms with van der Waals surface area (Å²) in [5.41, 5.74) is -0.205.